The zero-order valence-electron chi connectivity index (χ0n) is 7.48. The van der Waals surface area contributed by atoms with E-state index in [0.29, 0.717) is 0 Å². The van der Waals surface area contributed by atoms with Gasteiger partial charge in [0.1, 0.15) is 11.6 Å². The molecule has 0 bridgehead atoms. The Morgan fingerprint density at radius 2 is 1.67 bits per heavy atom. The van der Waals surface area contributed by atoms with Crippen molar-refractivity contribution in [3.05, 3.63) is 33.8 Å². The summed E-state index contributed by atoms with van der Waals surface area (Å²) in [6, 6.07) is 1.87. The van der Waals surface area contributed by atoms with Gasteiger partial charge in [0, 0.05) is 16.6 Å². The summed E-state index contributed by atoms with van der Waals surface area (Å²) in [6.45, 7) is -0.507. The Morgan fingerprint density at radius 3 is 2.00 bits per heavy atom. The molecule has 1 aromatic carbocycles. The van der Waals surface area contributed by atoms with Crippen molar-refractivity contribution in [3.63, 3.8) is 0 Å². The molecule has 0 aliphatic carbocycles. The Kier molecular flexibility index (Phi) is 4.10. The van der Waals surface area contributed by atoms with Crippen LogP contribution in [-0.4, -0.2) is 13.0 Å². The van der Waals surface area contributed by atoms with E-state index >= 15 is 0 Å². The second-order valence-electron chi connectivity index (χ2n) is 2.96. The molecular weight excluding hydrogens is 278 g/mol. The lowest BCUT2D eigenvalue weighted by molar-refractivity contribution is 0.113. The van der Waals surface area contributed by atoms with Gasteiger partial charge in [-0.1, -0.05) is 15.9 Å². The van der Waals surface area contributed by atoms with E-state index in [0.717, 1.165) is 12.1 Å². The van der Waals surface area contributed by atoms with E-state index in [1.807, 2.05) is 0 Å². The molecule has 1 atom stereocenters. The predicted octanol–water partition coefficient (Wildman–Crippen LogP) is 3.03. The molecule has 1 rings (SSSR count). The average molecular weight is 286 g/mol. The minimum absolute atomic E-state index is 0.159. The zero-order chi connectivity index (χ0) is 11.6. The summed E-state index contributed by atoms with van der Waals surface area (Å²) in [4.78, 5) is 0. The molecule has 2 N–H and O–H groups in total. The number of benzene rings is 1. The second-order valence-corrected chi connectivity index (χ2v) is 3.88. The second kappa shape index (κ2) is 4.94. The lowest BCUT2D eigenvalue weighted by Gasteiger charge is -2.15. The van der Waals surface area contributed by atoms with Crippen molar-refractivity contribution < 1.29 is 17.6 Å². The fraction of sp³-hybridized carbons (Fsp3) is 0.333. The fourth-order valence-electron chi connectivity index (χ4n) is 1.25. The van der Waals surface area contributed by atoms with Crippen molar-refractivity contribution in [2.45, 2.75) is 12.3 Å². The van der Waals surface area contributed by atoms with Crippen LogP contribution < -0.4 is 5.73 Å². The highest BCUT2D eigenvalue weighted by Gasteiger charge is 2.27. The van der Waals surface area contributed by atoms with Crippen molar-refractivity contribution in [2.75, 3.05) is 6.54 Å². The lowest BCUT2D eigenvalue weighted by Crippen LogP contribution is -2.22. The highest BCUT2D eigenvalue weighted by Crippen LogP contribution is 2.29. The highest BCUT2D eigenvalue weighted by molar-refractivity contribution is 9.10. The van der Waals surface area contributed by atoms with Crippen molar-refractivity contribution in [2.24, 2.45) is 5.73 Å². The molecule has 0 fully saturated rings. The quantitative estimate of drug-likeness (QED) is 0.849. The van der Waals surface area contributed by atoms with Crippen molar-refractivity contribution >= 4 is 15.9 Å². The van der Waals surface area contributed by atoms with Crippen LogP contribution in [-0.2, 0) is 0 Å². The summed E-state index contributed by atoms with van der Waals surface area (Å²) in [5, 5.41) is 0. The van der Waals surface area contributed by atoms with Gasteiger partial charge in [0.25, 0.3) is 0 Å². The molecule has 0 aliphatic rings. The van der Waals surface area contributed by atoms with Crippen LogP contribution in [0.2, 0.25) is 0 Å². The number of hydrogen-bond donors (Lipinski definition) is 1. The Hall–Kier alpha value is -0.620. The number of halogens is 5. The zero-order valence-corrected chi connectivity index (χ0v) is 9.07. The topological polar surface area (TPSA) is 26.0 Å². The van der Waals surface area contributed by atoms with Gasteiger partial charge in [0.2, 0.25) is 6.43 Å². The van der Waals surface area contributed by atoms with Gasteiger partial charge >= 0.3 is 0 Å². The van der Waals surface area contributed by atoms with E-state index in [-0.39, 0.29) is 4.47 Å². The molecule has 6 heteroatoms. The van der Waals surface area contributed by atoms with E-state index in [1.165, 1.54) is 0 Å². The van der Waals surface area contributed by atoms with E-state index in [1.54, 1.807) is 0 Å². The first kappa shape index (κ1) is 12.4. The predicted molar refractivity (Wildman–Crippen MR) is 51.9 cm³/mol. The summed E-state index contributed by atoms with van der Waals surface area (Å²) >= 11 is 2.86. The maximum atomic E-state index is 13.2. The van der Waals surface area contributed by atoms with Crippen LogP contribution in [0.15, 0.2) is 16.6 Å². The first-order valence-electron chi connectivity index (χ1n) is 4.10. The molecule has 1 unspecified atom stereocenters. The summed E-state index contributed by atoms with van der Waals surface area (Å²) in [5.41, 5.74) is 4.40. The Labute approximate surface area is 92.4 Å². The third kappa shape index (κ3) is 2.69. The molecule has 0 saturated carbocycles. The smallest absolute Gasteiger partial charge is 0.246 e. The van der Waals surface area contributed by atoms with Crippen LogP contribution in [0.25, 0.3) is 0 Å². The summed E-state index contributed by atoms with van der Waals surface area (Å²) in [5.74, 6) is -3.65. The molecule has 0 aliphatic heterocycles. The van der Waals surface area contributed by atoms with Crippen LogP contribution >= 0.6 is 15.9 Å². The van der Waals surface area contributed by atoms with E-state index < -0.39 is 36.1 Å². The van der Waals surface area contributed by atoms with Crippen LogP contribution in [0.4, 0.5) is 17.6 Å². The van der Waals surface area contributed by atoms with Gasteiger partial charge < -0.3 is 5.73 Å². The van der Waals surface area contributed by atoms with Gasteiger partial charge in [-0.05, 0) is 12.1 Å². The maximum Gasteiger partial charge on any atom is 0.246 e. The van der Waals surface area contributed by atoms with Gasteiger partial charge in [-0.3, -0.25) is 0 Å². The lowest BCUT2D eigenvalue weighted by atomic mass is 9.98. The standard InChI is InChI=1S/C9H8BrF4N/c10-4-1-6(11)8(7(12)2-4)5(3-15)9(13)14/h1-2,5,9H,3,15H2. The van der Waals surface area contributed by atoms with Crippen LogP contribution in [0.5, 0.6) is 0 Å². The SMILES string of the molecule is NCC(c1c(F)cc(Br)cc1F)C(F)F. The highest BCUT2D eigenvalue weighted by atomic mass is 79.9. The molecule has 0 spiro atoms. The summed E-state index contributed by atoms with van der Waals surface area (Å²) < 4.78 is 51.5. The minimum atomic E-state index is -2.89. The monoisotopic (exact) mass is 285 g/mol. The van der Waals surface area contributed by atoms with E-state index in [2.05, 4.69) is 15.9 Å². The van der Waals surface area contributed by atoms with Crippen LogP contribution in [0.3, 0.4) is 0 Å². The summed E-state index contributed by atoms with van der Waals surface area (Å²) in [7, 11) is 0. The molecular formula is C9H8BrF4N. The molecule has 0 aromatic heterocycles. The third-order valence-corrected chi connectivity index (χ3v) is 2.43. The molecule has 0 saturated heterocycles. The van der Waals surface area contributed by atoms with E-state index in [4.69, 9.17) is 5.73 Å². The molecule has 1 nitrogen and oxygen atoms in total. The average Bonchev–Trinajstić information content (AvgIpc) is 2.09. The van der Waals surface area contributed by atoms with Gasteiger partial charge in [-0.2, -0.15) is 0 Å². The normalized spacial score (nSPS) is 13.3. The molecule has 0 heterocycles. The van der Waals surface area contributed by atoms with Gasteiger partial charge in [0.05, 0.1) is 5.92 Å². The first-order chi connectivity index (χ1) is 6.97. The van der Waals surface area contributed by atoms with Crippen molar-refractivity contribution in [3.8, 4) is 0 Å². The third-order valence-electron chi connectivity index (χ3n) is 1.97. The number of alkyl halides is 2. The Morgan fingerprint density at radius 1 is 1.20 bits per heavy atom. The minimum Gasteiger partial charge on any atom is -0.330 e. The molecule has 84 valence electrons. The molecule has 0 radical (unpaired) electrons. The molecule has 15 heavy (non-hydrogen) atoms. The Bertz CT molecular complexity index is 333. The van der Waals surface area contributed by atoms with E-state index in [9.17, 15) is 17.6 Å². The van der Waals surface area contributed by atoms with Crippen molar-refractivity contribution in [1.29, 1.82) is 0 Å². The molecule has 0 amide bonds. The van der Waals surface area contributed by atoms with Gasteiger partial charge in [-0.15, -0.1) is 0 Å². The van der Waals surface area contributed by atoms with Gasteiger partial charge in [-0.25, -0.2) is 17.6 Å². The maximum absolute atomic E-state index is 13.2. The first-order valence-corrected chi connectivity index (χ1v) is 4.89. The fourth-order valence-corrected chi connectivity index (χ4v) is 1.66. The molecule has 1 aromatic rings. The number of hydrogen-bond acceptors (Lipinski definition) is 1. The Balaban J connectivity index is 3.23. The number of rotatable bonds is 3. The summed E-state index contributed by atoms with van der Waals surface area (Å²) in [6.07, 6.45) is -2.89. The van der Waals surface area contributed by atoms with Crippen LogP contribution in [0.1, 0.15) is 11.5 Å². The largest absolute Gasteiger partial charge is 0.330 e. The van der Waals surface area contributed by atoms with Crippen molar-refractivity contribution in [1.82, 2.24) is 0 Å². The number of nitrogens with two attached hydrogens (primary N) is 1. The van der Waals surface area contributed by atoms with Gasteiger partial charge in [0.15, 0.2) is 0 Å². The van der Waals surface area contributed by atoms with Crippen LogP contribution in [0, 0.1) is 11.6 Å².